The van der Waals surface area contributed by atoms with Crippen molar-refractivity contribution in [3.63, 3.8) is 0 Å². The molecule has 172 valence electrons. The van der Waals surface area contributed by atoms with Gasteiger partial charge in [0.2, 0.25) is 23.6 Å². The lowest BCUT2D eigenvalue weighted by Gasteiger charge is -2.36. The number of nitrogens with one attached hydrogen (secondary N) is 1. The summed E-state index contributed by atoms with van der Waals surface area (Å²) in [4.78, 5) is 34.5. The van der Waals surface area contributed by atoms with Crippen LogP contribution in [0.2, 0.25) is 0 Å². The van der Waals surface area contributed by atoms with E-state index in [-0.39, 0.29) is 30.2 Å². The van der Waals surface area contributed by atoms with Crippen LogP contribution in [0, 0.1) is 0 Å². The van der Waals surface area contributed by atoms with E-state index in [9.17, 15) is 4.79 Å². The highest BCUT2D eigenvalue weighted by Crippen LogP contribution is 2.20. The fourth-order valence-corrected chi connectivity index (χ4v) is 4.28. The number of rotatable bonds is 7. The highest BCUT2D eigenvalue weighted by molar-refractivity contribution is 7.13. The molecule has 5 heterocycles. The maximum absolute atomic E-state index is 13.2. The number of hydrogen-bond donors (Lipinski definition) is 2. The molecule has 0 radical (unpaired) electrons. The maximum atomic E-state index is 13.2. The summed E-state index contributed by atoms with van der Waals surface area (Å²) < 4.78 is 11.9. The van der Waals surface area contributed by atoms with Crippen LogP contribution in [0.4, 0.5) is 17.0 Å². The molecule has 14 heteroatoms. The lowest BCUT2D eigenvalue weighted by atomic mass is 10.2. The van der Waals surface area contributed by atoms with Crippen LogP contribution in [-0.4, -0.2) is 86.3 Å². The van der Waals surface area contributed by atoms with E-state index in [0.29, 0.717) is 37.8 Å². The zero-order valence-electron chi connectivity index (χ0n) is 17.8. The van der Waals surface area contributed by atoms with Crippen molar-refractivity contribution in [1.29, 1.82) is 0 Å². The normalized spacial score (nSPS) is 15.2. The molecule has 33 heavy (non-hydrogen) atoms. The number of nitrogens with two attached hydrogens (primary N) is 1. The Morgan fingerprint density at radius 1 is 1.30 bits per heavy atom. The van der Waals surface area contributed by atoms with Crippen molar-refractivity contribution in [2.75, 3.05) is 55.8 Å². The number of hydrogen-bond acceptors (Lipinski definition) is 12. The molecule has 1 aliphatic heterocycles. The molecule has 4 aromatic heterocycles. The Hall–Kier alpha value is -3.78. The first-order chi connectivity index (χ1) is 16.1. The zero-order valence-corrected chi connectivity index (χ0v) is 18.6. The summed E-state index contributed by atoms with van der Waals surface area (Å²) in [5.74, 6) is 1.19. The molecule has 0 spiro atoms. The monoisotopic (exact) mass is 470 g/mol. The number of amides is 1. The summed E-state index contributed by atoms with van der Waals surface area (Å²) in [7, 11) is 1.54. The first-order valence-electron chi connectivity index (χ1n) is 10.3. The number of ether oxygens (including phenoxy) is 1. The van der Waals surface area contributed by atoms with Gasteiger partial charge in [0.1, 0.15) is 6.04 Å². The summed E-state index contributed by atoms with van der Waals surface area (Å²) >= 11 is 1.59. The van der Waals surface area contributed by atoms with Gasteiger partial charge in [-0.1, -0.05) is 0 Å². The number of methoxy groups -OCH3 is 1. The van der Waals surface area contributed by atoms with Crippen LogP contribution in [-0.2, 0) is 9.53 Å². The fraction of sp³-hybridized carbons (Fsp3) is 0.368. The van der Waals surface area contributed by atoms with E-state index in [1.165, 1.54) is 17.9 Å². The third-order valence-electron chi connectivity index (χ3n) is 5.19. The van der Waals surface area contributed by atoms with Crippen molar-refractivity contribution in [2.45, 2.75) is 6.04 Å². The second kappa shape index (κ2) is 8.99. The van der Waals surface area contributed by atoms with Gasteiger partial charge in [0.15, 0.2) is 10.9 Å². The molecular weight excluding hydrogens is 448 g/mol. The molecule has 1 aliphatic rings. The summed E-state index contributed by atoms with van der Waals surface area (Å²) in [6.45, 7) is 2.73. The first-order valence-corrected chi connectivity index (χ1v) is 11.1. The van der Waals surface area contributed by atoms with Gasteiger partial charge in [-0.25, -0.2) is 4.98 Å². The van der Waals surface area contributed by atoms with E-state index in [0.717, 1.165) is 5.13 Å². The lowest BCUT2D eigenvalue weighted by Crippen LogP contribution is -2.54. The Kier molecular flexibility index (Phi) is 5.75. The average Bonchev–Trinajstić information content (AvgIpc) is 3.60. The number of nitrogen functional groups attached to an aromatic ring is 1. The highest BCUT2D eigenvalue weighted by atomic mass is 32.1. The number of furan rings is 1. The van der Waals surface area contributed by atoms with Crippen molar-refractivity contribution >= 4 is 40.0 Å². The Balaban J connectivity index is 1.31. The smallest absolute Gasteiger partial charge is 0.259 e. The van der Waals surface area contributed by atoms with Gasteiger partial charge >= 0.3 is 0 Å². The molecular formula is C19H22N10O3S. The molecule has 5 rings (SSSR count). The van der Waals surface area contributed by atoms with Gasteiger partial charge in [-0.15, -0.1) is 16.4 Å². The van der Waals surface area contributed by atoms with Crippen LogP contribution < -0.4 is 16.0 Å². The number of anilines is 3. The Morgan fingerprint density at radius 2 is 2.15 bits per heavy atom. The Morgan fingerprint density at radius 3 is 2.85 bits per heavy atom. The number of fused-ring (bicyclic) bond motifs is 1. The number of carbonyl (C=O) groups excluding carboxylic acids is 1. The molecule has 0 bridgehead atoms. The predicted molar refractivity (Wildman–Crippen MR) is 121 cm³/mol. The molecule has 0 aliphatic carbocycles. The van der Waals surface area contributed by atoms with Crippen LogP contribution in [0.15, 0.2) is 34.4 Å². The van der Waals surface area contributed by atoms with Crippen molar-refractivity contribution < 1.29 is 13.9 Å². The molecule has 13 nitrogen and oxygen atoms in total. The quantitative estimate of drug-likeness (QED) is 0.390. The number of aromatic nitrogens is 6. The third kappa shape index (κ3) is 4.29. The van der Waals surface area contributed by atoms with Crippen molar-refractivity contribution in [1.82, 2.24) is 34.4 Å². The Labute approximate surface area is 192 Å². The van der Waals surface area contributed by atoms with E-state index in [4.69, 9.17) is 14.9 Å². The fourth-order valence-electron chi connectivity index (χ4n) is 3.59. The number of piperazine rings is 1. The third-order valence-corrected chi connectivity index (χ3v) is 6.02. The molecule has 1 fully saturated rings. The van der Waals surface area contributed by atoms with E-state index >= 15 is 0 Å². The van der Waals surface area contributed by atoms with Crippen LogP contribution in [0.5, 0.6) is 0 Å². The van der Waals surface area contributed by atoms with Crippen molar-refractivity contribution in [2.24, 2.45) is 0 Å². The first kappa shape index (κ1) is 21.1. The van der Waals surface area contributed by atoms with Gasteiger partial charge in [-0.05, 0) is 12.1 Å². The minimum Gasteiger partial charge on any atom is -0.461 e. The zero-order chi connectivity index (χ0) is 22.8. The predicted octanol–water partition coefficient (Wildman–Crippen LogP) is 0.594. The van der Waals surface area contributed by atoms with E-state index in [2.05, 4.69) is 35.3 Å². The molecule has 1 atom stereocenters. The summed E-state index contributed by atoms with van der Waals surface area (Å²) in [5.41, 5.74) is 6.06. The molecule has 0 unspecified atom stereocenters. The summed E-state index contributed by atoms with van der Waals surface area (Å²) in [6.07, 6.45) is 3.31. The molecule has 0 saturated carbocycles. The number of thiazole rings is 1. The van der Waals surface area contributed by atoms with Gasteiger partial charge in [-0.2, -0.15) is 19.5 Å². The van der Waals surface area contributed by atoms with Crippen LogP contribution >= 0.6 is 11.3 Å². The average molecular weight is 471 g/mol. The topological polar surface area (TPSA) is 153 Å². The van der Waals surface area contributed by atoms with Gasteiger partial charge in [-0.3, -0.25) is 4.79 Å². The largest absolute Gasteiger partial charge is 0.461 e. The molecule has 1 saturated heterocycles. The molecule has 3 N–H and O–H groups in total. The van der Waals surface area contributed by atoms with Crippen LogP contribution in [0.3, 0.4) is 0 Å². The van der Waals surface area contributed by atoms with Gasteiger partial charge in [0.25, 0.3) is 5.78 Å². The van der Waals surface area contributed by atoms with E-state index in [1.54, 1.807) is 34.6 Å². The minimum atomic E-state index is -0.685. The van der Waals surface area contributed by atoms with Gasteiger partial charge in [0.05, 0.1) is 12.9 Å². The van der Waals surface area contributed by atoms with Crippen molar-refractivity contribution in [3.8, 4) is 11.6 Å². The SMILES string of the molecule is COC[C@H](Nc1nc(N)n2nc(-c3ccco3)nc2n1)C(=O)N1CCN(c2nccs2)CC1. The lowest BCUT2D eigenvalue weighted by molar-refractivity contribution is -0.133. The van der Waals surface area contributed by atoms with Gasteiger partial charge < -0.3 is 30.0 Å². The second-order valence-corrected chi connectivity index (χ2v) is 8.18. The summed E-state index contributed by atoms with van der Waals surface area (Å²) in [5, 5.41) is 10.2. The number of nitrogens with zero attached hydrogens (tertiary/aromatic N) is 8. The van der Waals surface area contributed by atoms with E-state index < -0.39 is 6.04 Å². The maximum Gasteiger partial charge on any atom is 0.259 e. The molecule has 0 aromatic carbocycles. The number of carbonyl (C=O) groups is 1. The summed E-state index contributed by atoms with van der Waals surface area (Å²) in [6, 6.07) is 2.79. The van der Waals surface area contributed by atoms with Crippen LogP contribution in [0.1, 0.15) is 0 Å². The van der Waals surface area contributed by atoms with Gasteiger partial charge in [0, 0.05) is 44.9 Å². The second-order valence-electron chi connectivity index (χ2n) is 7.31. The standard InChI is InChI=1S/C19H22N10O3S/c1-31-11-12(15(30)27-5-7-28(8-6-27)19-21-4-10-33-19)22-17-24-16(20)29-18(25-17)23-14(26-29)13-3-2-9-32-13/h2-4,9-10,12H,5-8,11H2,1H3,(H3,20,22,23,24,25,26)/t12-/m0/s1. The minimum absolute atomic E-state index is 0.0773. The molecule has 4 aromatic rings. The molecule has 1 amide bonds. The Bertz CT molecular complexity index is 1220. The highest BCUT2D eigenvalue weighted by Gasteiger charge is 2.29. The van der Waals surface area contributed by atoms with Crippen molar-refractivity contribution in [3.05, 3.63) is 30.0 Å². The van der Waals surface area contributed by atoms with Crippen LogP contribution in [0.25, 0.3) is 17.4 Å². The van der Waals surface area contributed by atoms with E-state index in [1.807, 2.05) is 5.38 Å².